The van der Waals surface area contributed by atoms with Gasteiger partial charge in [0.25, 0.3) is 5.91 Å². The van der Waals surface area contributed by atoms with Crippen LogP contribution in [0.1, 0.15) is 34.0 Å². The summed E-state index contributed by atoms with van der Waals surface area (Å²) in [5.41, 5.74) is 6.05. The number of amides is 2. The number of nitrogens with zero attached hydrogens (tertiary/aromatic N) is 2. The largest absolute Gasteiger partial charge is 0.462 e. The maximum absolute atomic E-state index is 13.4. The van der Waals surface area contributed by atoms with Crippen LogP contribution in [0.2, 0.25) is 0 Å². The summed E-state index contributed by atoms with van der Waals surface area (Å²) in [6, 6.07) is 32.1. The predicted molar refractivity (Wildman–Crippen MR) is 175 cm³/mol. The molecule has 4 aromatic carbocycles. The molecule has 0 unspecified atom stereocenters. The third kappa shape index (κ3) is 7.04. The van der Waals surface area contributed by atoms with Crippen LogP contribution in [0.3, 0.4) is 0 Å². The Morgan fingerprint density at radius 2 is 1.50 bits per heavy atom. The fourth-order valence-electron chi connectivity index (χ4n) is 5.08. The molecule has 4 aromatic rings. The maximum Gasteiger partial charge on any atom is 0.338 e. The molecule has 5 rings (SSSR count). The van der Waals surface area contributed by atoms with Crippen molar-refractivity contribution in [3.8, 4) is 0 Å². The zero-order chi connectivity index (χ0) is 31.1. The van der Waals surface area contributed by atoms with Crippen LogP contribution in [0.4, 0.5) is 17.1 Å². The van der Waals surface area contributed by atoms with Crippen molar-refractivity contribution in [2.24, 2.45) is 0 Å². The highest BCUT2D eigenvalue weighted by atomic mass is 16.5. The van der Waals surface area contributed by atoms with Gasteiger partial charge in [0.15, 0.2) is 0 Å². The minimum absolute atomic E-state index is 0.0206. The molecule has 0 saturated heterocycles. The second-order valence-corrected chi connectivity index (χ2v) is 10.7. The molecule has 2 amide bonds. The van der Waals surface area contributed by atoms with Gasteiger partial charge in [-0.2, -0.15) is 0 Å². The first-order valence-electron chi connectivity index (χ1n) is 14.6. The average molecular weight is 589 g/mol. The van der Waals surface area contributed by atoms with Crippen molar-refractivity contribution >= 4 is 46.1 Å². The Kier molecular flexibility index (Phi) is 9.52. The van der Waals surface area contributed by atoms with Crippen molar-refractivity contribution in [2.75, 3.05) is 49.3 Å². The van der Waals surface area contributed by atoms with Crippen LogP contribution in [-0.4, -0.2) is 56.5 Å². The van der Waals surface area contributed by atoms with E-state index in [1.807, 2.05) is 104 Å². The molecule has 0 aliphatic carbocycles. The number of anilines is 3. The number of carbonyl (C=O) groups is 3. The Bertz CT molecular complexity index is 1670. The van der Waals surface area contributed by atoms with E-state index >= 15 is 0 Å². The van der Waals surface area contributed by atoms with Crippen molar-refractivity contribution in [2.45, 2.75) is 13.3 Å². The van der Waals surface area contributed by atoms with Gasteiger partial charge in [-0.1, -0.05) is 66.7 Å². The normalized spacial score (nSPS) is 13.2. The lowest BCUT2D eigenvalue weighted by atomic mass is 9.99. The van der Waals surface area contributed by atoms with Crippen molar-refractivity contribution in [1.82, 2.24) is 4.90 Å². The summed E-state index contributed by atoms with van der Waals surface area (Å²) in [6.07, 6.45) is 0.310. The molecule has 8 heteroatoms. The number of rotatable bonds is 11. The topological polar surface area (TPSA) is 91.0 Å². The lowest BCUT2D eigenvalue weighted by Gasteiger charge is -2.25. The number of benzene rings is 4. The van der Waals surface area contributed by atoms with Crippen LogP contribution in [0.25, 0.3) is 11.3 Å². The molecule has 8 nitrogen and oxygen atoms in total. The summed E-state index contributed by atoms with van der Waals surface area (Å²) in [6.45, 7) is 3.29. The summed E-state index contributed by atoms with van der Waals surface area (Å²) in [7, 11) is 3.97. The number of fused-ring (bicyclic) bond motifs is 1. The molecule has 224 valence electrons. The molecule has 0 atom stereocenters. The summed E-state index contributed by atoms with van der Waals surface area (Å²) in [5, 5.41) is 6.37. The van der Waals surface area contributed by atoms with Gasteiger partial charge >= 0.3 is 5.97 Å². The number of ether oxygens (including phenoxy) is 1. The molecule has 44 heavy (non-hydrogen) atoms. The Morgan fingerprint density at radius 3 is 2.16 bits per heavy atom. The maximum atomic E-state index is 13.4. The van der Waals surface area contributed by atoms with E-state index in [1.54, 1.807) is 25.1 Å². The second-order valence-electron chi connectivity index (χ2n) is 10.7. The van der Waals surface area contributed by atoms with Gasteiger partial charge in [-0.15, -0.1) is 0 Å². The molecule has 0 saturated carbocycles. The molecule has 0 radical (unpaired) electrons. The van der Waals surface area contributed by atoms with E-state index in [9.17, 15) is 14.4 Å². The average Bonchev–Trinajstić information content (AvgIpc) is 3.36. The van der Waals surface area contributed by atoms with Crippen LogP contribution in [0.5, 0.6) is 0 Å². The van der Waals surface area contributed by atoms with E-state index in [0.29, 0.717) is 41.1 Å². The fourth-order valence-corrected chi connectivity index (χ4v) is 5.08. The first-order valence-corrected chi connectivity index (χ1v) is 14.6. The monoisotopic (exact) mass is 588 g/mol. The first-order chi connectivity index (χ1) is 21.3. The Hall–Kier alpha value is -5.21. The number of hydrogen-bond donors (Lipinski definition) is 2. The number of hydrogen-bond acceptors (Lipinski definition) is 6. The molecule has 1 heterocycles. The zero-order valence-electron chi connectivity index (χ0n) is 25.2. The van der Waals surface area contributed by atoms with Crippen molar-refractivity contribution < 1.29 is 19.1 Å². The van der Waals surface area contributed by atoms with Gasteiger partial charge in [-0.05, 0) is 68.5 Å². The second kappa shape index (κ2) is 13.8. The molecule has 1 aliphatic rings. The van der Waals surface area contributed by atoms with Gasteiger partial charge in [0.05, 0.1) is 35.5 Å². The highest BCUT2D eigenvalue weighted by Gasteiger charge is 2.29. The van der Waals surface area contributed by atoms with Gasteiger partial charge in [-0.3, -0.25) is 9.59 Å². The minimum atomic E-state index is -0.439. The molecule has 0 bridgehead atoms. The van der Waals surface area contributed by atoms with Crippen molar-refractivity contribution in [3.63, 3.8) is 0 Å². The summed E-state index contributed by atoms with van der Waals surface area (Å²) in [5.74, 6) is -0.692. The van der Waals surface area contributed by atoms with Crippen molar-refractivity contribution in [3.05, 3.63) is 125 Å². The standard InChI is InChI=1S/C36H36N4O4/c1-4-44-36(43)27-15-20-30-31(24-27)38-35(42)33(30)34(26-13-9-6-10-14-26)37-28-16-18-29(19-17-28)40(22-21-39(2)3)32(41)23-25-11-7-5-8-12-25/h5-20,24,37H,4,21-23H2,1-3H3,(H,38,42)/b34-33-. The van der Waals surface area contributed by atoms with Gasteiger partial charge in [0, 0.05) is 30.0 Å². The Morgan fingerprint density at radius 1 is 0.818 bits per heavy atom. The molecule has 0 fully saturated rings. The molecule has 1 aliphatic heterocycles. The third-order valence-electron chi connectivity index (χ3n) is 7.31. The van der Waals surface area contributed by atoms with Crippen LogP contribution < -0.4 is 15.5 Å². The van der Waals surface area contributed by atoms with Crippen LogP contribution in [0.15, 0.2) is 103 Å². The summed E-state index contributed by atoms with van der Waals surface area (Å²) < 4.78 is 5.13. The Labute approximate surface area is 258 Å². The van der Waals surface area contributed by atoms with Crippen LogP contribution >= 0.6 is 0 Å². The van der Waals surface area contributed by atoms with Crippen LogP contribution in [0, 0.1) is 0 Å². The van der Waals surface area contributed by atoms with Gasteiger partial charge < -0.3 is 25.2 Å². The van der Waals surface area contributed by atoms with Crippen LogP contribution in [-0.2, 0) is 20.7 Å². The minimum Gasteiger partial charge on any atom is -0.462 e. The van der Waals surface area contributed by atoms with Gasteiger partial charge in [-0.25, -0.2) is 4.79 Å². The lowest BCUT2D eigenvalue weighted by molar-refractivity contribution is -0.118. The first kappa shape index (κ1) is 30.3. The molecular formula is C36H36N4O4. The van der Waals surface area contributed by atoms with Gasteiger partial charge in [0.2, 0.25) is 5.91 Å². The van der Waals surface area contributed by atoms with E-state index in [0.717, 1.165) is 29.0 Å². The van der Waals surface area contributed by atoms with E-state index in [4.69, 9.17) is 4.74 Å². The molecular weight excluding hydrogens is 552 g/mol. The quantitative estimate of drug-likeness (QED) is 0.167. The Balaban J connectivity index is 1.46. The van der Waals surface area contributed by atoms with Gasteiger partial charge in [0.1, 0.15) is 0 Å². The van der Waals surface area contributed by atoms with E-state index in [-0.39, 0.29) is 18.4 Å². The number of carbonyl (C=O) groups excluding carboxylic acids is 3. The summed E-state index contributed by atoms with van der Waals surface area (Å²) >= 11 is 0. The SMILES string of the molecule is CCOC(=O)c1ccc2c(c1)NC(=O)/C2=C(\Nc1ccc(N(CCN(C)C)C(=O)Cc2ccccc2)cc1)c1ccccc1. The number of nitrogens with one attached hydrogen (secondary N) is 2. The number of esters is 1. The fraction of sp³-hybridized carbons (Fsp3) is 0.194. The smallest absolute Gasteiger partial charge is 0.338 e. The summed E-state index contributed by atoms with van der Waals surface area (Å²) in [4.78, 5) is 42.9. The highest BCUT2D eigenvalue weighted by molar-refractivity contribution is 6.37. The zero-order valence-corrected chi connectivity index (χ0v) is 25.2. The lowest BCUT2D eigenvalue weighted by Crippen LogP contribution is -2.37. The third-order valence-corrected chi connectivity index (χ3v) is 7.31. The number of likely N-dealkylation sites (N-methyl/N-ethyl adjacent to an activating group) is 1. The molecule has 0 aromatic heterocycles. The van der Waals surface area contributed by atoms with E-state index in [2.05, 4.69) is 15.5 Å². The highest BCUT2D eigenvalue weighted by Crippen LogP contribution is 2.38. The predicted octanol–water partition coefficient (Wildman–Crippen LogP) is 5.93. The van der Waals surface area contributed by atoms with Crippen molar-refractivity contribution in [1.29, 1.82) is 0 Å². The molecule has 0 spiro atoms. The molecule has 2 N–H and O–H groups in total. The van der Waals surface area contributed by atoms with E-state index < -0.39 is 5.97 Å². The van der Waals surface area contributed by atoms with E-state index in [1.165, 1.54) is 0 Å².